The first kappa shape index (κ1) is 23.6. The average molecular weight is 498 g/mol. The highest BCUT2D eigenvalue weighted by Crippen LogP contribution is 2.30. The minimum absolute atomic E-state index is 0.158. The van der Waals surface area contributed by atoms with Crippen LogP contribution in [0.25, 0.3) is 10.9 Å². The van der Waals surface area contributed by atoms with Gasteiger partial charge in [0.05, 0.1) is 28.2 Å². The Kier molecular flexibility index (Phi) is 6.77. The van der Waals surface area contributed by atoms with Crippen molar-refractivity contribution in [3.8, 4) is 11.6 Å². The monoisotopic (exact) mass is 497 g/mol. The molecule has 0 fully saturated rings. The fraction of sp³-hybridized carbons (Fsp3) is 0.160. The van der Waals surface area contributed by atoms with Crippen molar-refractivity contribution in [3.63, 3.8) is 0 Å². The van der Waals surface area contributed by atoms with Crippen LogP contribution in [0.4, 0.5) is 0 Å². The van der Waals surface area contributed by atoms with Crippen LogP contribution in [-0.2, 0) is 20.0 Å². The molecule has 0 aliphatic rings. The van der Waals surface area contributed by atoms with Crippen molar-refractivity contribution in [2.45, 2.75) is 13.0 Å². The molecule has 2 aromatic carbocycles. The van der Waals surface area contributed by atoms with E-state index >= 15 is 0 Å². The number of pyridine rings is 2. The summed E-state index contributed by atoms with van der Waals surface area (Å²) in [5, 5.41) is 15.0. The van der Waals surface area contributed by atoms with Gasteiger partial charge in [0.15, 0.2) is 0 Å². The number of nitrogens with one attached hydrogen (secondary N) is 1. The molecule has 0 spiro atoms. The van der Waals surface area contributed by atoms with Crippen LogP contribution in [-0.4, -0.2) is 27.7 Å². The number of rotatable bonds is 6. The Hall–Kier alpha value is -3.55. The first-order valence-electron chi connectivity index (χ1n) is 10.3. The molecular weight excluding hydrogens is 477 g/mol. The molecule has 0 radical (unpaired) electrons. The van der Waals surface area contributed by atoms with Crippen LogP contribution in [0.2, 0.25) is 10.0 Å². The van der Waals surface area contributed by atoms with Crippen molar-refractivity contribution in [2.75, 3.05) is 7.11 Å². The third kappa shape index (κ3) is 4.71. The van der Waals surface area contributed by atoms with E-state index in [9.17, 15) is 14.7 Å². The molecule has 2 N–H and O–H groups in total. The number of nitrogens with zero attached hydrogens (tertiary/aromatic N) is 2. The molecule has 2 heterocycles. The average Bonchev–Trinajstić information content (AvgIpc) is 2.85. The minimum Gasteiger partial charge on any atom is -0.507 e. The van der Waals surface area contributed by atoms with Crippen LogP contribution >= 0.6 is 23.2 Å². The molecular formula is C25H21Cl2N3O4. The fourth-order valence-electron chi connectivity index (χ4n) is 3.70. The maximum atomic E-state index is 12.9. The zero-order valence-electron chi connectivity index (χ0n) is 18.4. The summed E-state index contributed by atoms with van der Waals surface area (Å²) in [6, 6.07) is 13.4. The second kappa shape index (κ2) is 9.75. The van der Waals surface area contributed by atoms with Gasteiger partial charge in [0.25, 0.3) is 11.5 Å². The number of benzene rings is 2. The van der Waals surface area contributed by atoms with Crippen LogP contribution in [0.1, 0.15) is 27.0 Å². The number of fused-ring (bicyclic) bond motifs is 1. The van der Waals surface area contributed by atoms with E-state index in [1.807, 2.05) is 0 Å². The maximum absolute atomic E-state index is 12.9. The second-order valence-corrected chi connectivity index (χ2v) is 8.55. The van der Waals surface area contributed by atoms with Gasteiger partial charge in [-0.25, -0.2) is 4.98 Å². The number of carbonyl (C=O) groups is 1. The van der Waals surface area contributed by atoms with Crippen molar-refractivity contribution in [3.05, 3.63) is 97.4 Å². The number of ether oxygens (including phenoxy) is 1. The van der Waals surface area contributed by atoms with Gasteiger partial charge in [-0.1, -0.05) is 29.3 Å². The zero-order valence-corrected chi connectivity index (χ0v) is 19.9. The van der Waals surface area contributed by atoms with Gasteiger partial charge in [-0.2, -0.15) is 0 Å². The molecule has 0 aliphatic carbocycles. The molecule has 34 heavy (non-hydrogen) atoms. The van der Waals surface area contributed by atoms with Gasteiger partial charge in [-0.3, -0.25) is 9.59 Å². The van der Waals surface area contributed by atoms with Gasteiger partial charge in [0, 0.05) is 43.2 Å². The van der Waals surface area contributed by atoms with Gasteiger partial charge in [0.1, 0.15) is 5.75 Å². The first-order valence-corrected chi connectivity index (χ1v) is 11.1. The normalized spacial score (nSPS) is 10.9. The van der Waals surface area contributed by atoms with Crippen molar-refractivity contribution >= 4 is 40.0 Å². The number of halogens is 2. The third-order valence-electron chi connectivity index (χ3n) is 5.55. The quantitative estimate of drug-likeness (QED) is 0.409. The fourth-order valence-corrected chi connectivity index (χ4v) is 4.03. The highest BCUT2D eigenvalue weighted by atomic mass is 35.5. The lowest BCUT2D eigenvalue weighted by Gasteiger charge is -2.14. The molecule has 0 saturated heterocycles. The molecule has 174 valence electrons. The molecule has 0 atom stereocenters. The highest BCUT2D eigenvalue weighted by molar-refractivity contribution is 6.42. The Morgan fingerprint density at radius 1 is 1.09 bits per heavy atom. The molecule has 2 aromatic heterocycles. The van der Waals surface area contributed by atoms with E-state index in [2.05, 4.69) is 10.3 Å². The van der Waals surface area contributed by atoms with Crippen molar-refractivity contribution < 1.29 is 14.6 Å². The summed E-state index contributed by atoms with van der Waals surface area (Å²) in [6.45, 7) is 0.275. The number of aromatic hydroxyl groups is 1. The third-order valence-corrected chi connectivity index (χ3v) is 6.29. The SMILES string of the molecule is COc1cc(CNC(=O)c2ccc3c(c2)c(O)c(Cc2ccc(Cl)c(Cl)c2)c(=O)n3C)ccn1. The van der Waals surface area contributed by atoms with E-state index < -0.39 is 0 Å². The number of amides is 1. The Morgan fingerprint density at radius 2 is 1.88 bits per heavy atom. The molecule has 9 heteroatoms. The largest absolute Gasteiger partial charge is 0.507 e. The molecule has 0 saturated carbocycles. The predicted molar refractivity (Wildman–Crippen MR) is 132 cm³/mol. The molecule has 4 rings (SSSR count). The van der Waals surface area contributed by atoms with Gasteiger partial charge in [-0.15, -0.1) is 0 Å². The summed E-state index contributed by atoms with van der Waals surface area (Å²) >= 11 is 12.1. The van der Waals surface area contributed by atoms with Crippen LogP contribution in [0.3, 0.4) is 0 Å². The summed E-state index contributed by atoms with van der Waals surface area (Å²) < 4.78 is 6.55. The van der Waals surface area contributed by atoms with Gasteiger partial charge >= 0.3 is 0 Å². The number of hydrogen-bond acceptors (Lipinski definition) is 5. The molecule has 0 unspecified atom stereocenters. The lowest BCUT2D eigenvalue weighted by atomic mass is 10.0. The standard InChI is InChI=1S/C25H21Cl2N3O4/c1-30-21-6-4-16(24(32)29-13-15-7-8-28-22(11-15)34-2)12-17(21)23(31)18(25(30)33)9-14-3-5-19(26)20(27)10-14/h3-8,10-12,31H,9,13H2,1-2H3,(H,29,32). The number of aryl methyl sites for hydroxylation is 1. The predicted octanol–water partition coefficient (Wildman–Crippen LogP) is 4.48. The zero-order chi connectivity index (χ0) is 24.4. The van der Waals surface area contributed by atoms with Crippen LogP contribution in [0.5, 0.6) is 11.6 Å². The Morgan fingerprint density at radius 3 is 2.62 bits per heavy atom. The summed E-state index contributed by atoms with van der Waals surface area (Å²) in [5.41, 5.74) is 2.28. The summed E-state index contributed by atoms with van der Waals surface area (Å²) in [5.74, 6) is -0.0348. The van der Waals surface area contributed by atoms with E-state index in [1.165, 1.54) is 11.7 Å². The Balaban J connectivity index is 1.65. The molecule has 0 bridgehead atoms. The number of methoxy groups -OCH3 is 1. The minimum atomic E-state index is -0.333. The number of hydrogen-bond donors (Lipinski definition) is 2. The number of aromatic nitrogens is 2. The first-order chi connectivity index (χ1) is 16.3. The van der Waals surface area contributed by atoms with Crippen LogP contribution in [0, 0.1) is 0 Å². The van der Waals surface area contributed by atoms with Gasteiger partial charge in [-0.05, 0) is 47.5 Å². The van der Waals surface area contributed by atoms with Crippen molar-refractivity contribution in [2.24, 2.45) is 7.05 Å². The van der Waals surface area contributed by atoms with E-state index in [0.717, 1.165) is 11.1 Å². The Labute approximate surface area is 205 Å². The maximum Gasteiger partial charge on any atom is 0.258 e. The molecule has 0 aliphatic heterocycles. The summed E-state index contributed by atoms with van der Waals surface area (Å²) in [4.78, 5) is 29.8. The smallest absolute Gasteiger partial charge is 0.258 e. The lowest BCUT2D eigenvalue weighted by Crippen LogP contribution is -2.24. The molecule has 4 aromatic rings. The lowest BCUT2D eigenvalue weighted by molar-refractivity contribution is 0.0951. The van der Waals surface area contributed by atoms with Crippen molar-refractivity contribution in [1.82, 2.24) is 14.9 Å². The van der Waals surface area contributed by atoms with E-state index in [-0.39, 0.29) is 35.7 Å². The van der Waals surface area contributed by atoms with Crippen molar-refractivity contribution in [1.29, 1.82) is 0 Å². The van der Waals surface area contributed by atoms with E-state index in [0.29, 0.717) is 32.4 Å². The highest BCUT2D eigenvalue weighted by Gasteiger charge is 2.17. The van der Waals surface area contributed by atoms with Gasteiger partial charge in [0.2, 0.25) is 5.88 Å². The van der Waals surface area contributed by atoms with Gasteiger partial charge < -0.3 is 19.7 Å². The molecule has 7 nitrogen and oxygen atoms in total. The van der Waals surface area contributed by atoms with Crippen LogP contribution < -0.4 is 15.6 Å². The topological polar surface area (TPSA) is 93.5 Å². The van der Waals surface area contributed by atoms with E-state index in [1.54, 1.807) is 61.8 Å². The summed E-state index contributed by atoms with van der Waals surface area (Å²) in [6.07, 6.45) is 1.76. The Bertz CT molecular complexity index is 1470. The number of carbonyl (C=O) groups excluding carboxylic acids is 1. The second-order valence-electron chi connectivity index (χ2n) is 7.74. The summed E-state index contributed by atoms with van der Waals surface area (Å²) in [7, 11) is 3.15. The van der Waals surface area contributed by atoms with Crippen LogP contribution in [0.15, 0.2) is 59.5 Å². The van der Waals surface area contributed by atoms with E-state index in [4.69, 9.17) is 27.9 Å². The molecule has 1 amide bonds.